The van der Waals surface area contributed by atoms with Crippen molar-refractivity contribution in [2.45, 2.75) is 25.3 Å². The summed E-state index contributed by atoms with van der Waals surface area (Å²) in [7, 11) is -3.10. The molecule has 2 N–H and O–H groups in total. The molecule has 0 aliphatic carbocycles. The molecule has 1 saturated heterocycles. The molecule has 1 atom stereocenters. The molecule has 4 nitrogen and oxygen atoms in total. The van der Waals surface area contributed by atoms with E-state index in [9.17, 15) is 8.42 Å². The zero-order valence-electron chi connectivity index (χ0n) is 8.35. The summed E-state index contributed by atoms with van der Waals surface area (Å²) in [5.41, 5.74) is 5.72. The molecule has 0 aromatic carbocycles. The van der Waals surface area contributed by atoms with Crippen molar-refractivity contribution >= 4 is 10.0 Å². The highest BCUT2D eigenvalue weighted by Gasteiger charge is 2.26. The van der Waals surface area contributed by atoms with Crippen molar-refractivity contribution in [1.29, 1.82) is 0 Å². The predicted molar refractivity (Wildman–Crippen MR) is 57.4 cm³/mol. The first kappa shape index (κ1) is 11.7. The Morgan fingerprint density at radius 2 is 2.29 bits per heavy atom. The van der Waals surface area contributed by atoms with Crippen LogP contribution in [-0.4, -0.2) is 37.6 Å². The van der Waals surface area contributed by atoms with Crippen LogP contribution in [0.15, 0.2) is 12.7 Å². The van der Waals surface area contributed by atoms with Crippen LogP contribution in [0.1, 0.15) is 19.3 Å². The van der Waals surface area contributed by atoms with Gasteiger partial charge in [0, 0.05) is 19.1 Å². The zero-order chi connectivity index (χ0) is 10.6. The number of sulfonamides is 1. The van der Waals surface area contributed by atoms with Gasteiger partial charge in [-0.1, -0.05) is 6.08 Å². The van der Waals surface area contributed by atoms with E-state index in [0.29, 0.717) is 19.5 Å². The SMILES string of the molecule is C=CCCS(=O)(=O)N1CCCC(N)C1. The molecule has 1 aliphatic heterocycles. The van der Waals surface area contributed by atoms with E-state index in [1.165, 1.54) is 4.31 Å². The van der Waals surface area contributed by atoms with Crippen LogP contribution in [0.5, 0.6) is 0 Å². The minimum absolute atomic E-state index is 0.00209. The third-order valence-electron chi connectivity index (χ3n) is 2.39. The van der Waals surface area contributed by atoms with E-state index in [0.717, 1.165) is 12.8 Å². The Kier molecular flexibility index (Phi) is 4.10. The third kappa shape index (κ3) is 3.08. The molecule has 1 heterocycles. The molecule has 0 saturated carbocycles. The number of nitrogens with zero attached hydrogens (tertiary/aromatic N) is 1. The number of piperidine rings is 1. The quantitative estimate of drug-likeness (QED) is 0.691. The van der Waals surface area contributed by atoms with Crippen molar-refractivity contribution < 1.29 is 8.42 Å². The third-order valence-corrected chi connectivity index (χ3v) is 4.26. The van der Waals surface area contributed by atoms with Crippen molar-refractivity contribution in [3.8, 4) is 0 Å². The van der Waals surface area contributed by atoms with Gasteiger partial charge in [0.25, 0.3) is 0 Å². The Morgan fingerprint density at radius 1 is 1.57 bits per heavy atom. The van der Waals surface area contributed by atoms with Crippen molar-refractivity contribution in [2.24, 2.45) is 5.73 Å². The minimum atomic E-state index is -3.10. The number of allylic oxidation sites excluding steroid dienone is 1. The Bertz CT molecular complexity index is 287. The van der Waals surface area contributed by atoms with E-state index in [-0.39, 0.29) is 11.8 Å². The van der Waals surface area contributed by atoms with Crippen molar-refractivity contribution in [3.63, 3.8) is 0 Å². The molecule has 1 unspecified atom stereocenters. The van der Waals surface area contributed by atoms with Crippen LogP contribution in [0.4, 0.5) is 0 Å². The van der Waals surface area contributed by atoms with E-state index in [1.807, 2.05) is 0 Å². The van der Waals surface area contributed by atoms with Gasteiger partial charge in [0.05, 0.1) is 5.75 Å². The van der Waals surface area contributed by atoms with Gasteiger partial charge in [0.2, 0.25) is 10.0 Å². The number of nitrogens with two attached hydrogens (primary N) is 1. The average molecular weight is 218 g/mol. The maximum absolute atomic E-state index is 11.7. The summed E-state index contributed by atoms with van der Waals surface area (Å²) in [6, 6.07) is 0.00209. The van der Waals surface area contributed by atoms with Gasteiger partial charge in [-0.3, -0.25) is 0 Å². The molecule has 1 fully saturated rings. The molecule has 0 amide bonds. The van der Waals surface area contributed by atoms with Crippen LogP contribution in [-0.2, 0) is 10.0 Å². The number of hydrogen-bond donors (Lipinski definition) is 1. The van der Waals surface area contributed by atoms with Gasteiger partial charge >= 0.3 is 0 Å². The maximum Gasteiger partial charge on any atom is 0.214 e. The molecular formula is C9H18N2O2S. The van der Waals surface area contributed by atoms with Crippen LogP contribution < -0.4 is 5.73 Å². The molecule has 0 aromatic heterocycles. The van der Waals surface area contributed by atoms with Crippen LogP contribution in [0.3, 0.4) is 0 Å². The van der Waals surface area contributed by atoms with Crippen LogP contribution in [0.2, 0.25) is 0 Å². The topological polar surface area (TPSA) is 63.4 Å². The highest BCUT2D eigenvalue weighted by atomic mass is 32.2. The first-order chi connectivity index (χ1) is 6.56. The molecule has 0 spiro atoms. The summed E-state index contributed by atoms with van der Waals surface area (Å²) in [5.74, 6) is 0.156. The van der Waals surface area contributed by atoms with Gasteiger partial charge in [-0.05, 0) is 19.3 Å². The standard InChI is InChI=1S/C9H18N2O2S/c1-2-3-7-14(12,13)11-6-4-5-9(10)8-11/h2,9H,1,3-8,10H2. The van der Waals surface area contributed by atoms with Crippen molar-refractivity contribution in [2.75, 3.05) is 18.8 Å². The zero-order valence-corrected chi connectivity index (χ0v) is 9.17. The lowest BCUT2D eigenvalue weighted by molar-refractivity contribution is 0.316. The normalized spacial score (nSPS) is 24.8. The Hall–Kier alpha value is -0.390. The lowest BCUT2D eigenvalue weighted by Gasteiger charge is -2.29. The lowest BCUT2D eigenvalue weighted by Crippen LogP contribution is -2.46. The van der Waals surface area contributed by atoms with E-state index < -0.39 is 10.0 Å². The summed E-state index contributed by atoms with van der Waals surface area (Å²) in [4.78, 5) is 0. The monoisotopic (exact) mass is 218 g/mol. The molecule has 0 bridgehead atoms. The molecule has 1 rings (SSSR count). The summed E-state index contributed by atoms with van der Waals surface area (Å²) < 4.78 is 24.9. The Balaban J connectivity index is 2.57. The molecule has 1 aliphatic rings. The van der Waals surface area contributed by atoms with Crippen LogP contribution in [0.25, 0.3) is 0 Å². The lowest BCUT2D eigenvalue weighted by atomic mass is 10.1. The van der Waals surface area contributed by atoms with Crippen LogP contribution >= 0.6 is 0 Å². The van der Waals surface area contributed by atoms with Crippen LogP contribution in [0, 0.1) is 0 Å². The smallest absolute Gasteiger partial charge is 0.214 e. The second kappa shape index (κ2) is 4.91. The molecule has 0 aromatic rings. The first-order valence-electron chi connectivity index (χ1n) is 4.90. The average Bonchev–Trinajstić information content (AvgIpc) is 2.15. The molecule has 5 heteroatoms. The van der Waals surface area contributed by atoms with E-state index in [2.05, 4.69) is 6.58 Å². The fourth-order valence-corrected chi connectivity index (χ4v) is 3.14. The second-order valence-electron chi connectivity index (χ2n) is 3.65. The highest BCUT2D eigenvalue weighted by Crippen LogP contribution is 2.13. The number of hydrogen-bond acceptors (Lipinski definition) is 3. The van der Waals surface area contributed by atoms with E-state index in [1.54, 1.807) is 6.08 Å². The molecule has 0 radical (unpaired) electrons. The van der Waals surface area contributed by atoms with Gasteiger partial charge in [-0.15, -0.1) is 6.58 Å². The van der Waals surface area contributed by atoms with E-state index >= 15 is 0 Å². The fraction of sp³-hybridized carbons (Fsp3) is 0.778. The summed E-state index contributed by atoms with van der Waals surface area (Å²) in [6.45, 7) is 4.61. The predicted octanol–water partition coefficient (Wildman–Crippen LogP) is 0.315. The van der Waals surface area contributed by atoms with Gasteiger partial charge in [0.15, 0.2) is 0 Å². The maximum atomic E-state index is 11.7. The number of rotatable bonds is 4. The first-order valence-corrected chi connectivity index (χ1v) is 6.51. The summed E-state index contributed by atoms with van der Waals surface area (Å²) in [5, 5.41) is 0. The largest absolute Gasteiger partial charge is 0.327 e. The summed E-state index contributed by atoms with van der Waals surface area (Å²) >= 11 is 0. The minimum Gasteiger partial charge on any atom is -0.327 e. The van der Waals surface area contributed by atoms with Gasteiger partial charge in [-0.25, -0.2) is 12.7 Å². The molecular weight excluding hydrogens is 200 g/mol. The van der Waals surface area contributed by atoms with Gasteiger partial charge in [-0.2, -0.15) is 0 Å². The van der Waals surface area contributed by atoms with E-state index in [4.69, 9.17) is 5.73 Å². The second-order valence-corrected chi connectivity index (χ2v) is 5.74. The van der Waals surface area contributed by atoms with Crippen molar-refractivity contribution in [3.05, 3.63) is 12.7 Å². The van der Waals surface area contributed by atoms with Gasteiger partial charge < -0.3 is 5.73 Å². The Labute approximate surface area is 85.8 Å². The molecule has 82 valence electrons. The highest BCUT2D eigenvalue weighted by molar-refractivity contribution is 7.89. The molecule has 14 heavy (non-hydrogen) atoms. The summed E-state index contributed by atoms with van der Waals surface area (Å²) in [6.07, 6.45) is 3.93. The van der Waals surface area contributed by atoms with Gasteiger partial charge in [0.1, 0.15) is 0 Å². The Morgan fingerprint density at radius 3 is 2.86 bits per heavy atom. The van der Waals surface area contributed by atoms with Crippen molar-refractivity contribution in [1.82, 2.24) is 4.31 Å². The fourth-order valence-electron chi connectivity index (χ4n) is 1.59.